The van der Waals surface area contributed by atoms with Crippen LogP contribution in [-0.4, -0.2) is 77.8 Å². The average molecular weight is 819 g/mol. The van der Waals surface area contributed by atoms with E-state index in [-0.39, 0.29) is 38.2 Å². The van der Waals surface area contributed by atoms with Gasteiger partial charge in [-0.1, -0.05) is 72.8 Å². The number of esters is 2. The summed E-state index contributed by atoms with van der Waals surface area (Å²) >= 11 is 0. The molecule has 0 fully saturated rings. The normalized spacial score (nSPS) is 12.7. The second-order valence-corrected chi connectivity index (χ2v) is 15.5. The quantitative estimate of drug-likeness (QED) is 0.0774. The van der Waals surface area contributed by atoms with Crippen LogP contribution in [0, 0.1) is 0 Å². The Morgan fingerprint density at radius 1 is 0.610 bits per heavy atom. The Kier molecular flexibility index (Phi) is 17.9. The van der Waals surface area contributed by atoms with Gasteiger partial charge in [0.1, 0.15) is 48.3 Å². The van der Waals surface area contributed by atoms with Gasteiger partial charge in [-0.05, 0) is 83.7 Å². The van der Waals surface area contributed by atoms with Crippen molar-refractivity contribution in [3.8, 4) is 5.75 Å². The van der Waals surface area contributed by atoms with E-state index in [4.69, 9.17) is 23.7 Å². The molecule has 0 spiro atoms. The van der Waals surface area contributed by atoms with Gasteiger partial charge in [0, 0.05) is 12.8 Å². The van der Waals surface area contributed by atoms with E-state index >= 15 is 0 Å². The number of hydrogen-bond acceptors (Lipinski definition) is 12. The summed E-state index contributed by atoms with van der Waals surface area (Å²) in [6.45, 7) is 10.8. The van der Waals surface area contributed by atoms with Gasteiger partial charge in [0.2, 0.25) is 17.7 Å². The Balaban J connectivity index is 1.60. The van der Waals surface area contributed by atoms with Crippen LogP contribution in [0.25, 0.3) is 0 Å². The molecule has 0 aliphatic carbocycles. The molecule has 0 saturated heterocycles. The summed E-state index contributed by atoms with van der Waals surface area (Å²) in [7, 11) is 0. The molecule has 3 rings (SSSR count). The van der Waals surface area contributed by atoms with Crippen molar-refractivity contribution in [3.63, 3.8) is 0 Å². The van der Waals surface area contributed by atoms with Gasteiger partial charge in [-0.15, -0.1) is 0 Å². The van der Waals surface area contributed by atoms with Crippen LogP contribution in [0.2, 0.25) is 0 Å². The maximum Gasteiger partial charge on any atom is 0.514 e. The van der Waals surface area contributed by atoms with Crippen molar-refractivity contribution >= 4 is 41.9 Å². The van der Waals surface area contributed by atoms with Crippen LogP contribution in [0.1, 0.15) is 78.0 Å². The first-order valence-corrected chi connectivity index (χ1v) is 19.0. The molecule has 3 aromatic rings. The molecular formula is C43H54N4O12. The Morgan fingerprint density at radius 2 is 1.17 bits per heavy atom. The topological polar surface area (TPSA) is 214 Å². The Hall–Kier alpha value is -6.45. The highest BCUT2D eigenvalue weighted by Crippen LogP contribution is 2.17. The smallest absolute Gasteiger partial charge is 0.461 e. The van der Waals surface area contributed by atoms with E-state index < -0.39 is 77.8 Å². The standard InChI is InChI=1S/C43H54N4O12/c1-28(45-38(51)34(47-40(53)58-42(2,3)4)24-29-18-20-32(21-19-29)57-41(54)59-43(5,6)7)37(50)44-25-35(48)46-33(39(52)56-27-31-16-12-9-13-17-31)22-23-36(49)55-26-30-14-10-8-11-15-30/h8-21,28,33-34H,22-27H2,1-7H3,(H,44,50)(H,45,51)(H,46,48)(H,47,53)/t28-,33-,34+/m0/s1. The van der Waals surface area contributed by atoms with Crippen LogP contribution in [-0.2, 0) is 62.6 Å². The second kappa shape index (κ2) is 22.5. The van der Waals surface area contributed by atoms with Crippen LogP contribution in [0.5, 0.6) is 5.75 Å². The van der Waals surface area contributed by atoms with E-state index in [1.807, 2.05) is 24.3 Å². The number of benzene rings is 3. The number of rotatable bonds is 18. The first-order chi connectivity index (χ1) is 27.8. The van der Waals surface area contributed by atoms with Crippen molar-refractivity contribution in [2.45, 2.75) is 110 Å². The van der Waals surface area contributed by atoms with Gasteiger partial charge < -0.3 is 45.0 Å². The second-order valence-electron chi connectivity index (χ2n) is 15.5. The fraction of sp³-hybridized carbons (Fsp3) is 0.419. The van der Waals surface area contributed by atoms with Crippen LogP contribution in [0.4, 0.5) is 9.59 Å². The highest BCUT2D eigenvalue weighted by Gasteiger charge is 2.29. The summed E-state index contributed by atoms with van der Waals surface area (Å²) < 4.78 is 26.4. The molecule has 0 heterocycles. The molecule has 0 aliphatic rings. The fourth-order valence-corrected chi connectivity index (χ4v) is 5.05. The number of amides is 4. The first kappa shape index (κ1) is 46.9. The molecular weight excluding hydrogens is 764 g/mol. The van der Waals surface area contributed by atoms with Crippen LogP contribution < -0.4 is 26.0 Å². The zero-order valence-corrected chi connectivity index (χ0v) is 34.5. The highest BCUT2D eigenvalue weighted by molar-refractivity contribution is 5.93. The Labute approximate surface area is 344 Å². The lowest BCUT2D eigenvalue weighted by atomic mass is 10.0. The maximum absolute atomic E-state index is 13.5. The molecule has 318 valence electrons. The van der Waals surface area contributed by atoms with Crippen molar-refractivity contribution < 1.29 is 57.2 Å². The van der Waals surface area contributed by atoms with Crippen molar-refractivity contribution in [2.24, 2.45) is 0 Å². The maximum atomic E-state index is 13.5. The molecule has 0 saturated carbocycles. The lowest BCUT2D eigenvalue weighted by molar-refractivity contribution is -0.150. The molecule has 3 aromatic carbocycles. The van der Waals surface area contributed by atoms with Gasteiger partial charge in [0.25, 0.3) is 0 Å². The minimum absolute atomic E-state index is 0.0353. The number of alkyl carbamates (subject to hydrolysis) is 1. The highest BCUT2D eigenvalue weighted by atomic mass is 16.7. The number of ether oxygens (including phenoxy) is 5. The summed E-state index contributed by atoms with van der Waals surface area (Å²) in [5, 5.41) is 9.99. The van der Waals surface area contributed by atoms with E-state index in [9.17, 15) is 33.6 Å². The lowest BCUT2D eigenvalue weighted by Gasteiger charge is -2.24. The van der Waals surface area contributed by atoms with E-state index in [0.717, 1.165) is 5.56 Å². The summed E-state index contributed by atoms with van der Waals surface area (Å²) in [6.07, 6.45) is -2.17. The van der Waals surface area contributed by atoms with Gasteiger partial charge in [0.15, 0.2) is 0 Å². The molecule has 4 N–H and O–H groups in total. The molecule has 0 radical (unpaired) electrons. The third-order valence-corrected chi connectivity index (χ3v) is 7.86. The van der Waals surface area contributed by atoms with E-state index in [0.29, 0.717) is 11.1 Å². The van der Waals surface area contributed by atoms with Crippen LogP contribution >= 0.6 is 0 Å². The largest absolute Gasteiger partial charge is 0.514 e. The van der Waals surface area contributed by atoms with E-state index in [1.165, 1.54) is 19.1 Å². The summed E-state index contributed by atoms with van der Waals surface area (Å²) in [6, 6.07) is 20.4. The van der Waals surface area contributed by atoms with Gasteiger partial charge >= 0.3 is 24.2 Å². The molecule has 0 unspecified atom stereocenters. The molecule has 0 bridgehead atoms. The zero-order chi connectivity index (χ0) is 43.6. The monoisotopic (exact) mass is 818 g/mol. The predicted octanol–water partition coefficient (Wildman–Crippen LogP) is 4.81. The SMILES string of the molecule is C[C@H](NC(=O)[C@@H](Cc1ccc(OC(=O)OC(C)(C)C)cc1)NC(=O)OC(C)(C)C)C(=O)NCC(=O)N[C@@H](CCC(=O)OCc1ccccc1)C(=O)OCc1ccccc1. The van der Waals surface area contributed by atoms with Crippen molar-refractivity contribution in [3.05, 3.63) is 102 Å². The minimum Gasteiger partial charge on any atom is -0.461 e. The Bertz CT molecular complexity index is 1870. The van der Waals surface area contributed by atoms with Gasteiger partial charge in [-0.25, -0.2) is 14.4 Å². The fourth-order valence-electron chi connectivity index (χ4n) is 5.05. The molecule has 16 heteroatoms. The van der Waals surface area contributed by atoms with Crippen molar-refractivity contribution in [2.75, 3.05) is 6.54 Å². The molecule has 59 heavy (non-hydrogen) atoms. The molecule has 4 amide bonds. The summed E-state index contributed by atoms with van der Waals surface area (Å²) in [5.74, 6) is -3.45. The number of carbonyl (C=O) groups excluding carboxylic acids is 7. The average Bonchev–Trinajstić information content (AvgIpc) is 3.16. The van der Waals surface area contributed by atoms with Gasteiger partial charge in [-0.3, -0.25) is 19.2 Å². The number of carbonyl (C=O) groups is 7. The molecule has 16 nitrogen and oxygen atoms in total. The van der Waals surface area contributed by atoms with Crippen LogP contribution in [0.15, 0.2) is 84.9 Å². The van der Waals surface area contributed by atoms with Gasteiger partial charge in [0.05, 0.1) is 6.54 Å². The predicted molar refractivity (Wildman–Crippen MR) is 214 cm³/mol. The number of nitrogens with one attached hydrogen (secondary N) is 4. The number of hydrogen-bond donors (Lipinski definition) is 4. The lowest BCUT2D eigenvalue weighted by Crippen LogP contribution is -2.55. The molecule has 3 atom stereocenters. The van der Waals surface area contributed by atoms with Gasteiger partial charge in [-0.2, -0.15) is 0 Å². The minimum atomic E-state index is -1.25. The third kappa shape index (κ3) is 19.0. The summed E-state index contributed by atoms with van der Waals surface area (Å²) in [5.41, 5.74) is 0.427. The zero-order valence-electron chi connectivity index (χ0n) is 34.5. The van der Waals surface area contributed by atoms with E-state index in [1.54, 1.807) is 90.1 Å². The van der Waals surface area contributed by atoms with Crippen LogP contribution in [0.3, 0.4) is 0 Å². The third-order valence-electron chi connectivity index (χ3n) is 7.86. The molecule has 0 aliphatic heterocycles. The van der Waals surface area contributed by atoms with Crippen molar-refractivity contribution in [1.82, 2.24) is 21.3 Å². The molecule has 0 aromatic heterocycles. The first-order valence-electron chi connectivity index (χ1n) is 19.0. The summed E-state index contributed by atoms with van der Waals surface area (Å²) in [4.78, 5) is 89.9. The Morgan fingerprint density at radius 3 is 1.73 bits per heavy atom. The van der Waals surface area contributed by atoms with Crippen molar-refractivity contribution in [1.29, 1.82) is 0 Å². The van der Waals surface area contributed by atoms with E-state index in [2.05, 4.69) is 21.3 Å².